The molecule has 5 heterocycles. The minimum atomic E-state index is -1.85. The molecule has 6 rings (SSSR count). The van der Waals surface area contributed by atoms with E-state index in [-0.39, 0.29) is 31.3 Å². The summed E-state index contributed by atoms with van der Waals surface area (Å²) in [5, 5.41) is 78.3. The maximum absolute atomic E-state index is 14.9. The second-order valence-electron chi connectivity index (χ2n) is 23.2. The second kappa shape index (κ2) is 25.4. The van der Waals surface area contributed by atoms with Crippen molar-refractivity contribution in [2.75, 3.05) is 66.1 Å². The highest BCUT2D eigenvalue weighted by Gasteiger charge is 2.53. The van der Waals surface area contributed by atoms with Crippen LogP contribution in [0.25, 0.3) is 0 Å². The molecule has 6 N–H and O–H groups in total. The molecule has 1 aromatic carbocycles. The van der Waals surface area contributed by atoms with Gasteiger partial charge in [0.05, 0.1) is 53.3 Å². The topological polar surface area (TPSA) is 243 Å². The van der Waals surface area contributed by atoms with Crippen molar-refractivity contribution < 1.29 is 73.0 Å². The number of anilines is 1. The first kappa shape index (κ1) is 61.2. The van der Waals surface area contributed by atoms with Crippen LogP contribution in [0.3, 0.4) is 0 Å². The number of aromatic nitrogens is 3. The average Bonchev–Trinajstić information content (AvgIpc) is 3.83. The molecule has 0 unspecified atom stereocenters. The van der Waals surface area contributed by atoms with E-state index in [1.54, 1.807) is 54.7 Å². The summed E-state index contributed by atoms with van der Waals surface area (Å²) >= 11 is 0. The number of aliphatic hydroxyl groups is 6. The van der Waals surface area contributed by atoms with Gasteiger partial charge in [0.15, 0.2) is 12.6 Å². The Kier molecular flexibility index (Phi) is 20.7. The lowest BCUT2D eigenvalue weighted by molar-refractivity contribution is -0.318. The van der Waals surface area contributed by atoms with Gasteiger partial charge in [-0.3, -0.25) is 4.79 Å². The van der Waals surface area contributed by atoms with E-state index in [0.717, 1.165) is 11.3 Å². The predicted molar refractivity (Wildman–Crippen MR) is 276 cm³/mol. The number of hydrogen-bond acceptors (Lipinski definition) is 19. The SMILES string of the molecule is CC[C@H]1OC(=O)[C@H](C)[C@@H](O[C@H]2C[C@@](C)(OC)[C@@H](O)[C@H](C)O2)[C@H](C)[C@@H](O[C@@H]2O[C@H](C)C[C@H](N(C)CCc3cn([C@H](CF)[C@H](OC)c4ccc(N5CC(O)C5)cc4)nn3)[C@H]2O)[C@](C)(O)C[C@@H](C)CN(C)[C@H](C)[C@@H](O)[C@]1(C)O. The van der Waals surface area contributed by atoms with Gasteiger partial charge >= 0.3 is 5.97 Å². The molecule has 0 spiro atoms. The van der Waals surface area contributed by atoms with Crippen molar-refractivity contribution in [3.8, 4) is 0 Å². The number of likely N-dealkylation sites (N-methyl/N-ethyl adjacent to an activating group) is 2. The molecule has 0 saturated carbocycles. The molecule has 2 aromatic rings. The number of carbonyl (C=O) groups is 1. The number of halogens is 1. The lowest BCUT2D eigenvalue weighted by Crippen LogP contribution is -2.61. The van der Waals surface area contributed by atoms with Crippen molar-refractivity contribution in [2.24, 2.45) is 17.8 Å². The monoisotopic (exact) mass is 1070 g/mol. The number of β-amino-alcohol motifs (C(OH)–C–C–N with tert-alkyl or cyclic N) is 1. The molecule has 0 aliphatic carbocycles. The summed E-state index contributed by atoms with van der Waals surface area (Å²) < 4.78 is 60.5. The molecular formula is C54H91FN6O14. The summed E-state index contributed by atoms with van der Waals surface area (Å²) in [6.45, 7) is 18.6. The highest BCUT2D eigenvalue weighted by Crippen LogP contribution is 2.41. The second-order valence-corrected chi connectivity index (χ2v) is 23.2. The third-order valence-electron chi connectivity index (χ3n) is 16.9. The number of ether oxygens (including phenoxy) is 7. The molecule has 75 heavy (non-hydrogen) atoms. The molecule has 21 heteroatoms. The first-order valence-electron chi connectivity index (χ1n) is 27.0. The fraction of sp³-hybridized carbons (Fsp3) is 0.833. The largest absolute Gasteiger partial charge is 0.459 e. The van der Waals surface area contributed by atoms with Gasteiger partial charge in [0.1, 0.15) is 48.8 Å². The fourth-order valence-electron chi connectivity index (χ4n) is 12.1. The van der Waals surface area contributed by atoms with Gasteiger partial charge in [-0.15, -0.1) is 5.10 Å². The highest BCUT2D eigenvalue weighted by atomic mass is 19.1. The van der Waals surface area contributed by atoms with Crippen molar-refractivity contribution in [2.45, 2.75) is 210 Å². The molecule has 0 amide bonds. The molecule has 4 fully saturated rings. The molecule has 20 atom stereocenters. The van der Waals surface area contributed by atoms with Gasteiger partial charge in [-0.25, -0.2) is 9.07 Å². The maximum Gasteiger partial charge on any atom is 0.311 e. The van der Waals surface area contributed by atoms with Gasteiger partial charge in [0, 0.05) is 83.1 Å². The molecule has 4 aliphatic rings. The van der Waals surface area contributed by atoms with Crippen molar-refractivity contribution in [1.29, 1.82) is 0 Å². The van der Waals surface area contributed by atoms with Crippen molar-refractivity contribution in [3.05, 3.63) is 41.7 Å². The lowest BCUT2D eigenvalue weighted by atomic mass is 9.77. The Hall–Kier alpha value is -3.00. The van der Waals surface area contributed by atoms with E-state index in [4.69, 9.17) is 33.2 Å². The number of cyclic esters (lactones) is 1. The highest BCUT2D eigenvalue weighted by molar-refractivity contribution is 5.73. The minimum Gasteiger partial charge on any atom is -0.459 e. The van der Waals surface area contributed by atoms with E-state index in [9.17, 15) is 39.8 Å². The Morgan fingerprint density at radius 1 is 0.933 bits per heavy atom. The average molecular weight is 1070 g/mol. The number of aliphatic hydroxyl groups excluding tert-OH is 4. The molecule has 428 valence electrons. The van der Waals surface area contributed by atoms with Gasteiger partial charge < -0.3 is 78.5 Å². The third-order valence-corrected chi connectivity index (χ3v) is 16.9. The Balaban J connectivity index is 1.25. The lowest BCUT2D eigenvalue weighted by Gasteiger charge is -2.49. The molecule has 1 aromatic heterocycles. The quantitative estimate of drug-likeness (QED) is 0.132. The van der Waals surface area contributed by atoms with E-state index < -0.39 is 127 Å². The maximum atomic E-state index is 14.9. The summed E-state index contributed by atoms with van der Waals surface area (Å²) in [5.74, 6) is -2.88. The van der Waals surface area contributed by atoms with E-state index in [1.165, 1.54) is 25.8 Å². The van der Waals surface area contributed by atoms with Crippen LogP contribution in [-0.2, 0) is 44.4 Å². The molecule has 4 saturated heterocycles. The third kappa shape index (κ3) is 13.9. The van der Waals surface area contributed by atoms with E-state index >= 15 is 0 Å². The van der Waals surface area contributed by atoms with Crippen molar-refractivity contribution >= 4 is 11.7 Å². The smallest absolute Gasteiger partial charge is 0.311 e. The van der Waals surface area contributed by atoms with Crippen LogP contribution in [-0.4, -0.2) is 219 Å². The van der Waals surface area contributed by atoms with E-state index in [1.807, 2.05) is 62.0 Å². The molecule has 0 bridgehead atoms. The van der Waals surface area contributed by atoms with Crippen LogP contribution in [0.4, 0.5) is 10.1 Å². The molecule has 4 aliphatic heterocycles. The zero-order valence-electron chi connectivity index (χ0n) is 46.9. The number of rotatable bonds is 16. The Bertz CT molecular complexity index is 2100. The zero-order valence-corrected chi connectivity index (χ0v) is 46.9. The Morgan fingerprint density at radius 3 is 2.20 bits per heavy atom. The standard InChI is InChI=1S/C54H91FN6O14/c1-15-42-54(10,68)47(64)34(6)59(12)26-30(2)23-52(8,67)49(32(4)45(33(5)50(66)73-42)74-43-24-53(9,70-14)48(65)35(7)72-43)75-51-44(63)40(22-31(3)71-51)58(11)21-20-37-27-61(57-56-37)41(25-55)46(69-13)36-16-18-38(19-17-36)60-28-39(62)29-60/h16-19,27,30-35,39-49,51,62-65,67-68H,15,20-26,28-29H2,1-14H3/t30-,31-,32+,33-,34-,35+,40+,41-,42-,43+,44-,45+,46-,47-,48+,49-,51+,52-,53-,54-/m1/s1. The fourth-order valence-corrected chi connectivity index (χ4v) is 12.1. The van der Waals surface area contributed by atoms with Gasteiger partial charge in [0.25, 0.3) is 0 Å². The number of carbonyl (C=O) groups excluding carboxylic acids is 1. The number of hydrogen-bond donors (Lipinski definition) is 6. The summed E-state index contributed by atoms with van der Waals surface area (Å²) in [4.78, 5) is 20.5. The van der Waals surface area contributed by atoms with Crippen LogP contribution in [0.15, 0.2) is 30.5 Å². The number of benzene rings is 1. The summed E-state index contributed by atoms with van der Waals surface area (Å²) in [6, 6.07) is 5.78. The van der Waals surface area contributed by atoms with Crippen molar-refractivity contribution in [1.82, 2.24) is 24.8 Å². The predicted octanol–water partition coefficient (Wildman–Crippen LogP) is 3.18. The Labute approximate surface area is 443 Å². The van der Waals surface area contributed by atoms with Gasteiger partial charge in [-0.1, -0.05) is 38.1 Å². The van der Waals surface area contributed by atoms with Crippen LogP contribution in [0.2, 0.25) is 0 Å². The van der Waals surface area contributed by atoms with Crippen LogP contribution in [0.5, 0.6) is 0 Å². The summed E-state index contributed by atoms with van der Waals surface area (Å²) in [7, 11) is 6.74. The van der Waals surface area contributed by atoms with Gasteiger partial charge in [-0.05, 0) is 105 Å². The first-order valence-corrected chi connectivity index (χ1v) is 27.0. The van der Waals surface area contributed by atoms with E-state index in [0.29, 0.717) is 44.7 Å². The molecular weight excluding hydrogens is 976 g/mol. The Morgan fingerprint density at radius 2 is 1.60 bits per heavy atom. The van der Waals surface area contributed by atoms with Crippen LogP contribution < -0.4 is 4.90 Å². The number of alkyl halides is 1. The zero-order chi connectivity index (χ0) is 55.5. The van der Waals surface area contributed by atoms with Gasteiger partial charge in [-0.2, -0.15) is 0 Å². The van der Waals surface area contributed by atoms with Crippen LogP contribution in [0, 0.1) is 17.8 Å². The van der Waals surface area contributed by atoms with Crippen molar-refractivity contribution in [3.63, 3.8) is 0 Å². The van der Waals surface area contributed by atoms with Gasteiger partial charge in [0.2, 0.25) is 0 Å². The first-order chi connectivity index (χ1) is 35.2. The van der Waals surface area contributed by atoms with Crippen LogP contribution >= 0.6 is 0 Å². The molecule has 20 nitrogen and oxygen atoms in total. The minimum absolute atomic E-state index is 0.0824. The number of esters is 1. The number of methoxy groups -OCH3 is 2. The summed E-state index contributed by atoms with van der Waals surface area (Å²) in [5.41, 5.74) is -2.25. The normalized spacial score (nSPS) is 40.1. The summed E-state index contributed by atoms with van der Waals surface area (Å²) in [6.07, 6.45) is -8.36. The number of nitrogens with zero attached hydrogens (tertiary/aromatic N) is 6. The molecule has 0 radical (unpaired) electrons. The van der Waals surface area contributed by atoms with Crippen LogP contribution in [0.1, 0.15) is 118 Å². The van der Waals surface area contributed by atoms with E-state index in [2.05, 4.69) is 15.2 Å².